The first-order valence-electron chi connectivity index (χ1n) is 5.18. The van der Waals surface area contributed by atoms with Crippen LogP contribution in [0.5, 0.6) is 0 Å². The third-order valence-corrected chi connectivity index (χ3v) is 2.95. The molecular formula is C13H13FN2S. The Labute approximate surface area is 105 Å². The van der Waals surface area contributed by atoms with E-state index in [-0.39, 0.29) is 5.56 Å². The van der Waals surface area contributed by atoms with Crippen molar-refractivity contribution in [3.8, 4) is 18.4 Å². The Morgan fingerprint density at radius 1 is 1.47 bits per heavy atom. The van der Waals surface area contributed by atoms with Gasteiger partial charge in [0.15, 0.2) is 0 Å². The topological polar surface area (TPSA) is 35.8 Å². The quantitative estimate of drug-likeness (QED) is 0.619. The highest BCUT2D eigenvalue weighted by atomic mass is 32.2. The van der Waals surface area contributed by atoms with Crippen molar-refractivity contribution in [3.63, 3.8) is 0 Å². The van der Waals surface area contributed by atoms with E-state index in [0.29, 0.717) is 6.54 Å². The maximum atomic E-state index is 13.0. The highest BCUT2D eigenvalue weighted by molar-refractivity contribution is 7.99. The van der Waals surface area contributed by atoms with Gasteiger partial charge in [-0.1, -0.05) is 12.0 Å². The Morgan fingerprint density at radius 2 is 2.29 bits per heavy atom. The number of benzene rings is 1. The monoisotopic (exact) mass is 248 g/mol. The van der Waals surface area contributed by atoms with E-state index in [1.807, 2.05) is 6.07 Å². The van der Waals surface area contributed by atoms with E-state index in [2.05, 4.69) is 11.2 Å². The minimum absolute atomic E-state index is 0.0889. The Kier molecular flexibility index (Phi) is 6.17. The van der Waals surface area contributed by atoms with Gasteiger partial charge in [0.2, 0.25) is 0 Å². The molecule has 0 spiro atoms. The molecule has 0 atom stereocenters. The largest absolute Gasteiger partial charge is 0.312 e. The van der Waals surface area contributed by atoms with Gasteiger partial charge in [-0.2, -0.15) is 5.26 Å². The molecule has 0 aliphatic rings. The number of halogens is 1. The van der Waals surface area contributed by atoms with E-state index in [0.717, 1.165) is 23.6 Å². The average molecular weight is 248 g/mol. The molecular weight excluding hydrogens is 235 g/mol. The maximum Gasteiger partial charge on any atom is 0.140 e. The number of hydrogen-bond donors (Lipinski definition) is 1. The summed E-state index contributed by atoms with van der Waals surface area (Å²) in [4.78, 5) is 0. The third kappa shape index (κ3) is 4.91. The molecule has 0 amide bonds. The SMILES string of the molecule is C#CCSCCNCc1ccc(F)c(C#N)c1. The van der Waals surface area contributed by atoms with Gasteiger partial charge < -0.3 is 5.32 Å². The molecule has 1 aromatic carbocycles. The van der Waals surface area contributed by atoms with Gasteiger partial charge in [-0.3, -0.25) is 0 Å². The summed E-state index contributed by atoms with van der Waals surface area (Å²) in [6, 6.07) is 6.39. The van der Waals surface area contributed by atoms with Crippen molar-refractivity contribution in [1.29, 1.82) is 5.26 Å². The summed E-state index contributed by atoms with van der Waals surface area (Å²) in [5.41, 5.74) is 0.996. The van der Waals surface area contributed by atoms with E-state index >= 15 is 0 Å². The van der Waals surface area contributed by atoms with Crippen LogP contribution in [-0.4, -0.2) is 18.1 Å². The molecule has 0 bridgehead atoms. The minimum Gasteiger partial charge on any atom is -0.312 e. The summed E-state index contributed by atoms with van der Waals surface area (Å²) in [5.74, 6) is 3.74. The van der Waals surface area contributed by atoms with Crippen LogP contribution in [0.2, 0.25) is 0 Å². The van der Waals surface area contributed by atoms with Gasteiger partial charge in [0.05, 0.1) is 11.3 Å². The molecule has 0 aliphatic heterocycles. The smallest absolute Gasteiger partial charge is 0.140 e. The van der Waals surface area contributed by atoms with Gasteiger partial charge in [0, 0.05) is 18.8 Å². The predicted octanol–water partition coefficient (Wildman–Crippen LogP) is 2.15. The molecule has 0 radical (unpaired) electrons. The highest BCUT2D eigenvalue weighted by Crippen LogP contribution is 2.09. The van der Waals surface area contributed by atoms with Crippen molar-refractivity contribution in [2.45, 2.75) is 6.54 Å². The predicted molar refractivity (Wildman–Crippen MR) is 69.0 cm³/mol. The number of thioether (sulfide) groups is 1. The summed E-state index contributed by atoms with van der Waals surface area (Å²) < 4.78 is 13.0. The van der Waals surface area contributed by atoms with Crippen LogP contribution in [0.25, 0.3) is 0 Å². The number of nitrogens with one attached hydrogen (secondary N) is 1. The van der Waals surface area contributed by atoms with Gasteiger partial charge in [0.25, 0.3) is 0 Å². The Morgan fingerprint density at radius 3 is 3.00 bits per heavy atom. The molecule has 0 saturated heterocycles. The molecule has 0 saturated carbocycles. The van der Waals surface area contributed by atoms with E-state index in [1.54, 1.807) is 23.9 Å². The molecule has 0 aromatic heterocycles. The fourth-order valence-electron chi connectivity index (χ4n) is 1.28. The second-order valence-corrected chi connectivity index (χ2v) is 4.46. The molecule has 1 N–H and O–H groups in total. The number of rotatable bonds is 6. The number of terminal acetylenes is 1. The fraction of sp³-hybridized carbons (Fsp3) is 0.308. The van der Waals surface area contributed by atoms with E-state index in [9.17, 15) is 4.39 Å². The zero-order chi connectivity index (χ0) is 12.5. The lowest BCUT2D eigenvalue weighted by Crippen LogP contribution is -2.16. The van der Waals surface area contributed by atoms with Crippen LogP contribution in [-0.2, 0) is 6.54 Å². The van der Waals surface area contributed by atoms with E-state index < -0.39 is 5.82 Å². The zero-order valence-corrected chi connectivity index (χ0v) is 10.2. The molecule has 0 fully saturated rings. The summed E-state index contributed by atoms with van der Waals surface area (Å²) in [5, 5.41) is 11.9. The fourth-order valence-corrected chi connectivity index (χ4v) is 1.83. The van der Waals surface area contributed by atoms with Crippen LogP contribution in [0, 0.1) is 29.5 Å². The van der Waals surface area contributed by atoms with Crippen molar-refractivity contribution in [2.75, 3.05) is 18.1 Å². The van der Waals surface area contributed by atoms with Gasteiger partial charge in [-0.25, -0.2) is 4.39 Å². The lowest BCUT2D eigenvalue weighted by molar-refractivity contribution is 0.621. The minimum atomic E-state index is -0.471. The summed E-state index contributed by atoms with van der Waals surface area (Å²) in [6.07, 6.45) is 5.12. The first-order valence-corrected chi connectivity index (χ1v) is 6.34. The van der Waals surface area contributed by atoms with Crippen molar-refractivity contribution in [1.82, 2.24) is 5.32 Å². The van der Waals surface area contributed by atoms with Crippen LogP contribution in [0.1, 0.15) is 11.1 Å². The third-order valence-electron chi connectivity index (χ3n) is 2.09. The van der Waals surface area contributed by atoms with Crippen molar-refractivity contribution < 1.29 is 4.39 Å². The van der Waals surface area contributed by atoms with Crippen LogP contribution in [0.15, 0.2) is 18.2 Å². The number of hydrogen-bond acceptors (Lipinski definition) is 3. The molecule has 1 aromatic rings. The highest BCUT2D eigenvalue weighted by Gasteiger charge is 2.01. The zero-order valence-electron chi connectivity index (χ0n) is 9.37. The lowest BCUT2D eigenvalue weighted by atomic mass is 10.1. The average Bonchev–Trinajstić information content (AvgIpc) is 2.35. The Hall–Kier alpha value is -1.49. The normalized spacial score (nSPS) is 9.59. The second-order valence-electron chi connectivity index (χ2n) is 3.36. The molecule has 17 heavy (non-hydrogen) atoms. The molecule has 0 heterocycles. The molecule has 4 heteroatoms. The first-order chi connectivity index (χ1) is 8.27. The Balaban J connectivity index is 2.33. The van der Waals surface area contributed by atoms with Crippen LogP contribution in [0.4, 0.5) is 4.39 Å². The molecule has 0 aliphatic carbocycles. The summed E-state index contributed by atoms with van der Waals surface area (Å²) in [7, 11) is 0. The van der Waals surface area contributed by atoms with Crippen LogP contribution >= 0.6 is 11.8 Å². The molecule has 1 rings (SSSR count). The summed E-state index contributed by atoms with van der Waals surface area (Å²) in [6.45, 7) is 1.47. The van der Waals surface area contributed by atoms with Gasteiger partial charge >= 0.3 is 0 Å². The molecule has 2 nitrogen and oxygen atoms in total. The van der Waals surface area contributed by atoms with Crippen molar-refractivity contribution in [2.24, 2.45) is 0 Å². The van der Waals surface area contributed by atoms with Gasteiger partial charge in [-0.15, -0.1) is 18.2 Å². The molecule has 0 unspecified atom stereocenters. The van der Waals surface area contributed by atoms with Gasteiger partial charge in [-0.05, 0) is 17.7 Å². The standard InChI is InChI=1S/C13H13FN2S/c1-2-6-17-7-5-16-10-11-3-4-13(14)12(8-11)9-15/h1,3-4,8,16H,5-7,10H2. The number of nitriles is 1. The van der Waals surface area contributed by atoms with Crippen molar-refractivity contribution >= 4 is 11.8 Å². The van der Waals surface area contributed by atoms with E-state index in [1.165, 1.54) is 6.07 Å². The maximum absolute atomic E-state index is 13.0. The number of nitrogens with zero attached hydrogens (tertiary/aromatic N) is 1. The molecule has 88 valence electrons. The lowest BCUT2D eigenvalue weighted by Gasteiger charge is -2.04. The van der Waals surface area contributed by atoms with Crippen LogP contribution < -0.4 is 5.32 Å². The first kappa shape index (κ1) is 13.6. The van der Waals surface area contributed by atoms with Crippen molar-refractivity contribution in [3.05, 3.63) is 35.1 Å². The van der Waals surface area contributed by atoms with E-state index in [4.69, 9.17) is 11.7 Å². The van der Waals surface area contributed by atoms with Crippen LogP contribution in [0.3, 0.4) is 0 Å². The second kappa shape index (κ2) is 7.73. The van der Waals surface area contributed by atoms with Gasteiger partial charge in [0.1, 0.15) is 11.9 Å². The summed E-state index contributed by atoms with van der Waals surface area (Å²) >= 11 is 1.69. The Bertz CT molecular complexity index is 446.